The minimum atomic E-state index is 0.0438. The Morgan fingerprint density at radius 1 is 1.36 bits per heavy atom. The Morgan fingerprint density at radius 2 is 2.00 bits per heavy atom. The Bertz CT molecular complexity index is 319. The lowest BCUT2D eigenvalue weighted by Crippen LogP contribution is -2.30. The van der Waals surface area contributed by atoms with Crippen LogP contribution in [-0.2, 0) is 0 Å². The van der Waals surface area contributed by atoms with Gasteiger partial charge in [-0.25, -0.2) is 0 Å². The molecule has 3 nitrogen and oxygen atoms in total. The Labute approximate surface area is 84.5 Å². The number of nitrogens with zero attached hydrogens (tertiary/aromatic N) is 1. The number of rotatable bonds is 3. The Balaban J connectivity index is 2.88. The number of nitrogen functional groups attached to an aromatic ring is 1. The van der Waals surface area contributed by atoms with Gasteiger partial charge in [0.2, 0.25) is 0 Å². The molecule has 1 amide bonds. The summed E-state index contributed by atoms with van der Waals surface area (Å²) in [6.45, 7) is 5.38. The fourth-order valence-electron chi connectivity index (χ4n) is 1.37. The number of hydrogen-bond donors (Lipinski definition) is 1. The second-order valence-electron chi connectivity index (χ2n) is 3.10. The molecule has 3 heteroatoms. The average molecular weight is 192 g/mol. The lowest BCUT2D eigenvalue weighted by Gasteiger charge is -2.18. The van der Waals surface area contributed by atoms with Gasteiger partial charge in [0.1, 0.15) is 0 Å². The molecule has 0 aliphatic rings. The van der Waals surface area contributed by atoms with E-state index in [-0.39, 0.29) is 5.91 Å². The van der Waals surface area contributed by atoms with Crippen LogP contribution in [0.15, 0.2) is 24.3 Å². The van der Waals surface area contributed by atoms with Crippen LogP contribution >= 0.6 is 0 Å². The first-order valence-electron chi connectivity index (χ1n) is 4.83. The van der Waals surface area contributed by atoms with E-state index in [2.05, 4.69) is 0 Å². The Kier molecular flexibility index (Phi) is 3.51. The summed E-state index contributed by atoms with van der Waals surface area (Å²) in [5.74, 6) is 0.0438. The lowest BCUT2D eigenvalue weighted by atomic mass is 10.2. The van der Waals surface area contributed by atoms with Crippen molar-refractivity contribution in [1.29, 1.82) is 0 Å². The SMILES string of the molecule is CCN(CC)C(=O)c1cccc(N)c1. The molecule has 0 bridgehead atoms. The first-order chi connectivity index (χ1) is 6.69. The number of hydrogen-bond acceptors (Lipinski definition) is 2. The molecular weight excluding hydrogens is 176 g/mol. The highest BCUT2D eigenvalue weighted by atomic mass is 16.2. The van der Waals surface area contributed by atoms with Gasteiger partial charge in [0.15, 0.2) is 0 Å². The standard InChI is InChI=1S/C11H16N2O/c1-3-13(4-2)11(14)9-6-5-7-10(12)8-9/h5-8H,3-4,12H2,1-2H3. The van der Waals surface area contributed by atoms with Gasteiger partial charge < -0.3 is 10.6 Å². The first-order valence-corrected chi connectivity index (χ1v) is 4.83. The van der Waals surface area contributed by atoms with Crippen LogP contribution in [0.4, 0.5) is 5.69 Å². The second-order valence-corrected chi connectivity index (χ2v) is 3.10. The zero-order valence-electron chi connectivity index (χ0n) is 8.66. The first kappa shape index (κ1) is 10.6. The molecule has 0 heterocycles. The summed E-state index contributed by atoms with van der Waals surface area (Å²) in [5.41, 5.74) is 6.90. The van der Waals surface area contributed by atoms with Crippen molar-refractivity contribution in [3.8, 4) is 0 Å². The van der Waals surface area contributed by atoms with Gasteiger partial charge in [-0.2, -0.15) is 0 Å². The highest BCUT2D eigenvalue weighted by Gasteiger charge is 2.11. The maximum atomic E-state index is 11.8. The minimum Gasteiger partial charge on any atom is -0.399 e. The predicted molar refractivity (Wildman–Crippen MR) is 58.1 cm³/mol. The highest BCUT2D eigenvalue weighted by Crippen LogP contribution is 2.09. The topological polar surface area (TPSA) is 46.3 Å². The number of nitrogens with two attached hydrogens (primary N) is 1. The zero-order chi connectivity index (χ0) is 10.6. The molecule has 0 aliphatic heterocycles. The number of amides is 1. The van der Waals surface area contributed by atoms with Crippen molar-refractivity contribution in [3.63, 3.8) is 0 Å². The van der Waals surface area contributed by atoms with Crippen molar-refractivity contribution >= 4 is 11.6 Å². The molecule has 0 aromatic heterocycles. The average Bonchev–Trinajstić information content (AvgIpc) is 2.19. The van der Waals surface area contributed by atoms with Crippen LogP contribution in [-0.4, -0.2) is 23.9 Å². The Morgan fingerprint density at radius 3 is 2.50 bits per heavy atom. The number of anilines is 1. The van der Waals surface area contributed by atoms with E-state index in [4.69, 9.17) is 5.73 Å². The van der Waals surface area contributed by atoms with E-state index in [0.29, 0.717) is 11.3 Å². The summed E-state index contributed by atoms with van der Waals surface area (Å²) < 4.78 is 0. The fraction of sp³-hybridized carbons (Fsp3) is 0.364. The molecule has 1 aromatic carbocycles. The van der Waals surface area contributed by atoms with E-state index < -0.39 is 0 Å². The summed E-state index contributed by atoms with van der Waals surface area (Å²) in [6, 6.07) is 7.07. The van der Waals surface area contributed by atoms with Gasteiger partial charge in [0.05, 0.1) is 0 Å². The molecular formula is C11H16N2O. The van der Waals surface area contributed by atoms with Gasteiger partial charge >= 0.3 is 0 Å². The van der Waals surface area contributed by atoms with Crippen molar-refractivity contribution in [1.82, 2.24) is 4.90 Å². The van der Waals surface area contributed by atoms with Crippen LogP contribution in [0.25, 0.3) is 0 Å². The lowest BCUT2D eigenvalue weighted by molar-refractivity contribution is 0.0773. The van der Waals surface area contributed by atoms with E-state index in [1.54, 1.807) is 29.2 Å². The van der Waals surface area contributed by atoms with Crippen molar-refractivity contribution in [2.75, 3.05) is 18.8 Å². The molecule has 14 heavy (non-hydrogen) atoms. The molecule has 2 N–H and O–H groups in total. The number of carbonyl (C=O) groups excluding carboxylic acids is 1. The van der Waals surface area contributed by atoms with Crippen LogP contribution in [0.3, 0.4) is 0 Å². The van der Waals surface area contributed by atoms with Gasteiger partial charge in [-0.05, 0) is 32.0 Å². The van der Waals surface area contributed by atoms with E-state index in [9.17, 15) is 4.79 Å². The molecule has 0 unspecified atom stereocenters. The van der Waals surface area contributed by atoms with Crippen molar-refractivity contribution in [3.05, 3.63) is 29.8 Å². The van der Waals surface area contributed by atoms with Gasteiger partial charge in [-0.15, -0.1) is 0 Å². The molecule has 0 atom stereocenters. The van der Waals surface area contributed by atoms with Crippen LogP contribution < -0.4 is 5.73 Å². The van der Waals surface area contributed by atoms with Gasteiger partial charge in [0.25, 0.3) is 5.91 Å². The van der Waals surface area contributed by atoms with Crippen LogP contribution in [0.5, 0.6) is 0 Å². The molecule has 0 fully saturated rings. The van der Waals surface area contributed by atoms with Crippen LogP contribution in [0.1, 0.15) is 24.2 Å². The van der Waals surface area contributed by atoms with E-state index >= 15 is 0 Å². The molecule has 1 aromatic rings. The maximum absolute atomic E-state index is 11.8. The molecule has 1 rings (SSSR count). The van der Waals surface area contributed by atoms with Crippen LogP contribution in [0.2, 0.25) is 0 Å². The third-order valence-corrected chi connectivity index (χ3v) is 2.18. The molecule has 0 spiro atoms. The van der Waals surface area contributed by atoms with E-state index in [1.807, 2.05) is 13.8 Å². The summed E-state index contributed by atoms with van der Waals surface area (Å²) >= 11 is 0. The Hall–Kier alpha value is -1.51. The van der Waals surface area contributed by atoms with Crippen LogP contribution in [0, 0.1) is 0 Å². The monoisotopic (exact) mass is 192 g/mol. The maximum Gasteiger partial charge on any atom is 0.253 e. The van der Waals surface area contributed by atoms with Crippen molar-refractivity contribution in [2.45, 2.75) is 13.8 Å². The third-order valence-electron chi connectivity index (χ3n) is 2.18. The highest BCUT2D eigenvalue weighted by molar-refractivity contribution is 5.95. The van der Waals surface area contributed by atoms with Gasteiger partial charge in [0, 0.05) is 24.3 Å². The molecule has 0 saturated heterocycles. The van der Waals surface area contributed by atoms with Crippen molar-refractivity contribution < 1.29 is 4.79 Å². The molecule has 0 radical (unpaired) electrons. The van der Waals surface area contributed by atoms with Gasteiger partial charge in [-0.3, -0.25) is 4.79 Å². The number of benzene rings is 1. The smallest absolute Gasteiger partial charge is 0.253 e. The molecule has 0 saturated carbocycles. The second kappa shape index (κ2) is 4.65. The normalized spacial score (nSPS) is 9.86. The molecule has 76 valence electrons. The largest absolute Gasteiger partial charge is 0.399 e. The quantitative estimate of drug-likeness (QED) is 0.742. The summed E-state index contributed by atoms with van der Waals surface area (Å²) in [5, 5.41) is 0. The number of carbonyl (C=O) groups is 1. The molecule has 0 aliphatic carbocycles. The summed E-state index contributed by atoms with van der Waals surface area (Å²) in [7, 11) is 0. The summed E-state index contributed by atoms with van der Waals surface area (Å²) in [6.07, 6.45) is 0. The van der Waals surface area contributed by atoms with E-state index in [1.165, 1.54) is 0 Å². The van der Waals surface area contributed by atoms with Gasteiger partial charge in [-0.1, -0.05) is 6.07 Å². The van der Waals surface area contributed by atoms with Crippen molar-refractivity contribution in [2.24, 2.45) is 0 Å². The summed E-state index contributed by atoms with van der Waals surface area (Å²) in [4.78, 5) is 13.6. The predicted octanol–water partition coefficient (Wildman–Crippen LogP) is 1.75. The fourth-order valence-corrected chi connectivity index (χ4v) is 1.37. The third kappa shape index (κ3) is 2.25. The van der Waals surface area contributed by atoms with E-state index in [0.717, 1.165) is 13.1 Å². The minimum absolute atomic E-state index is 0.0438. The zero-order valence-corrected chi connectivity index (χ0v) is 8.66.